The number of amides is 1. The summed E-state index contributed by atoms with van der Waals surface area (Å²) in [5, 5.41) is 9.46. The lowest BCUT2D eigenvalue weighted by atomic mass is 9.69. The van der Waals surface area contributed by atoms with Crippen LogP contribution in [0.25, 0.3) is 0 Å². The average molecular weight is 563 g/mol. The van der Waals surface area contributed by atoms with Crippen molar-refractivity contribution in [1.82, 2.24) is 19.8 Å². The Morgan fingerprint density at radius 1 is 1.22 bits per heavy atom. The fourth-order valence-corrected chi connectivity index (χ4v) is 7.35. The SMILES string of the molecule is C=C(F)C(=O)N1CCN(c2nc(OCC3CCCN3C)nc3c2CCC2(CCc4cc(F)ccc42)C3)CC1CC#N. The highest BCUT2D eigenvalue weighted by Crippen LogP contribution is 2.49. The van der Waals surface area contributed by atoms with E-state index in [1.807, 2.05) is 6.07 Å². The predicted octanol–water partition coefficient (Wildman–Crippen LogP) is 3.88. The summed E-state index contributed by atoms with van der Waals surface area (Å²) in [5.74, 6) is -1.21. The van der Waals surface area contributed by atoms with Crippen LogP contribution in [0.3, 0.4) is 0 Å². The Bertz CT molecular complexity index is 1410. The lowest BCUT2D eigenvalue weighted by Gasteiger charge is -2.42. The number of benzene rings is 1. The molecule has 3 unspecified atom stereocenters. The van der Waals surface area contributed by atoms with E-state index in [9.17, 15) is 18.8 Å². The Kier molecular flexibility index (Phi) is 7.41. The van der Waals surface area contributed by atoms with E-state index in [2.05, 4.69) is 29.5 Å². The number of likely N-dealkylation sites (tertiary alicyclic amines) is 1. The van der Waals surface area contributed by atoms with E-state index in [1.54, 1.807) is 12.1 Å². The van der Waals surface area contributed by atoms with Crippen LogP contribution >= 0.6 is 0 Å². The van der Waals surface area contributed by atoms with Gasteiger partial charge in [-0.3, -0.25) is 4.79 Å². The van der Waals surface area contributed by atoms with Crippen molar-refractivity contribution in [2.45, 2.75) is 68.9 Å². The molecule has 0 saturated carbocycles. The van der Waals surface area contributed by atoms with Gasteiger partial charge in [-0.25, -0.2) is 8.78 Å². The van der Waals surface area contributed by atoms with Gasteiger partial charge >= 0.3 is 6.01 Å². The number of nitriles is 1. The summed E-state index contributed by atoms with van der Waals surface area (Å²) in [6.07, 6.45) is 6.47. The Morgan fingerprint density at radius 3 is 2.80 bits per heavy atom. The average Bonchev–Trinajstić information content (AvgIpc) is 3.53. The van der Waals surface area contributed by atoms with E-state index in [0.29, 0.717) is 31.7 Å². The number of aryl methyl sites for hydroxylation is 1. The first-order chi connectivity index (χ1) is 19.8. The van der Waals surface area contributed by atoms with Crippen molar-refractivity contribution in [3.8, 4) is 12.1 Å². The van der Waals surface area contributed by atoms with E-state index in [0.717, 1.165) is 74.1 Å². The van der Waals surface area contributed by atoms with Crippen molar-refractivity contribution >= 4 is 11.7 Å². The minimum atomic E-state index is -1.02. The van der Waals surface area contributed by atoms with Gasteiger partial charge in [0, 0.05) is 36.7 Å². The van der Waals surface area contributed by atoms with Gasteiger partial charge in [0.25, 0.3) is 5.91 Å². The van der Waals surface area contributed by atoms with Crippen LogP contribution in [0.15, 0.2) is 30.6 Å². The van der Waals surface area contributed by atoms with Gasteiger partial charge in [-0.15, -0.1) is 0 Å². The van der Waals surface area contributed by atoms with Crippen LogP contribution in [0.2, 0.25) is 0 Å². The fraction of sp³-hybridized carbons (Fsp3) is 0.548. The third kappa shape index (κ3) is 5.16. The highest BCUT2D eigenvalue weighted by molar-refractivity contribution is 5.91. The number of ether oxygens (including phenoxy) is 1. The van der Waals surface area contributed by atoms with Crippen LogP contribution in [-0.2, 0) is 29.5 Å². The standard InChI is InChI=1S/C31H36F2N6O2/c1-20(32)29(40)39-15-14-38(18-23(39)9-12-34)28-25-8-11-31(10-7-21-16-22(33)5-6-26(21)31)17-27(25)35-30(36-28)41-19-24-4-3-13-37(24)2/h5-6,16,23-24H,1,3-4,7-11,13-15,17-19H2,2H3. The molecule has 8 nitrogen and oxygen atoms in total. The van der Waals surface area contributed by atoms with Crippen molar-refractivity contribution in [2.75, 3.05) is 44.7 Å². The summed E-state index contributed by atoms with van der Waals surface area (Å²) >= 11 is 0. The molecule has 41 heavy (non-hydrogen) atoms. The van der Waals surface area contributed by atoms with Crippen LogP contribution in [0.4, 0.5) is 14.6 Å². The quantitative estimate of drug-likeness (QED) is 0.494. The smallest absolute Gasteiger partial charge is 0.318 e. The van der Waals surface area contributed by atoms with Gasteiger partial charge in [0.1, 0.15) is 18.2 Å². The molecular formula is C31H36F2N6O2. The summed E-state index contributed by atoms with van der Waals surface area (Å²) in [6, 6.07) is 7.48. The summed E-state index contributed by atoms with van der Waals surface area (Å²) < 4.78 is 34.0. The molecule has 2 aliphatic carbocycles. The number of rotatable bonds is 6. The molecule has 10 heteroatoms. The number of carbonyl (C=O) groups excluding carboxylic acids is 1. The zero-order valence-corrected chi connectivity index (χ0v) is 23.5. The van der Waals surface area contributed by atoms with Crippen LogP contribution in [0.1, 0.15) is 54.5 Å². The normalized spacial score (nSPS) is 25.6. The van der Waals surface area contributed by atoms with Gasteiger partial charge < -0.3 is 19.4 Å². The van der Waals surface area contributed by atoms with Gasteiger partial charge in [0.2, 0.25) is 0 Å². The first-order valence-corrected chi connectivity index (χ1v) is 14.6. The number of nitrogens with zero attached hydrogens (tertiary/aromatic N) is 6. The second-order valence-electron chi connectivity index (χ2n) is 12.0. The monoisotopic (exact) mass is 562 g/mol. The lowest BCUT2D eigenvalue weighted by Crippen LogP contribution is -2.55. The molecule has 1 amide bonds. The number of hydrogen-bond acceptors (Lipinski definition) is 7. The highest BCUT2D eigenvalue weighted by Gasteiger charge is 2.44. The lowest BCUT2D eigenvalue weighted by molar-refractivity contribution is -0.131. The molecule has 6 rings (SSSR count). The zero-order chi connectivity index (χ0) is 28.7. The minimum Gasteiger partial charge on any atom is -0.462 e. The number of fused-ring (bicyclic) bond motifs is 3. The molecule has 1 aromatic carbocycles. The number of aromatic nitrogens is 2. The first kappa shape index (κ1) is 27.6. The van der Waals surface area contributed by atoms with Gasteiger partial charge in [-0.05, 0) is 81.8 Å². The Balaban J connectivity index is 1.33. The van der Waals surface area contributed by atoms with Crippen molar-refractivity contribution in [1.29, 1.82) is 5.26 Å². The molecule has 0 radical (unpaired) electrons. The van der Waals surface area contributed by atoms with E-state index in [4.69, 9.17) is 14.7 Å². The summed E-state index contributed by atoms with van der Waals surface area (Å²) in [7, 11) is 2.10. The number of anilines is 1. The Labute approximate surface area is 239 Å². The maximum absolute atomic E-state index is 14.0. The van der Waals surface area contributed by atoms with E-state index < -0.39 is 17.8 Å². The van der Waals surface area contributed by atoms with Crippen molar-refractivity contribution in [3.05, 3.63) is 58.8 Å². The molecule has 0 N–H and O–H groups in total. The van der Waals surface area contributed by atoms with Gasteiger partial charge in [-0.2, -0.15) is 15.2 Å². The van der Waals surface area contributed by atoms with Gasteiger partial charge in [0.05, 0.1) is 24.2 Å². The predicted molar refractivity (Wildman–Crippen MR) is 150 cm³/mol. The minimum absolute atomic E-state index is 0.0800. The van der Waals surface area contributed by atoms with Gasteiger partial charge in [0.15, 0.2) is 5.83 Å². The van der Waals surface area contributed by atoms with E-state index in [-0.39, 0.29) is 24.2 Å². The maximum Gasteiger partial charge on any atom is 0.318 e. The molecule has 2 fully saturated rings. The van der Waals surface area contributed by atoms with Crippen molar-refractivity contribution < 1.29 is 18.3 Å². The molecule has 3 heterocycles. The molecular weight excluding hydrogens is 526 g/mol. The summed E-state index contributed by atoms with van der Waals surface area (Å²) in [4.78, 5) is 28.1. The van der Waals surface area contributed by atoms with Crippen molar-refractivity contribution in [3.63, 3.8) is 0 Å². The summed E-state index contributed by atoms with van der Waals surface area (Å²) in [6.45, 7) is 5.78. The molecule has 216 valence electrons. The fourth-order valence-electron chi connectivity index (χ4n) is 7.35. The second-order valence-corrected chi connectivity index (χ2v) is 12.0. The van der Waals surface area contributed by atoms with Gasteiger partial charge in [-0.1, -0.05) is 12.6 Å². The Morgan fingerprint density at radius 2 is 2.05 bits per heavy atom. The van der Waals surface area contributed by atoms with E-state index in [1.165, 1.54) is 10.5 Å². The maximum atomic E-state index is 14.0. The topological polar surface area (TPSA) is 85.6 Å². The number of likely N-dealkylation sites (N-methyl/N-ethyl adjacent to an activating group) is 1. The number of piperazine rings is 1. The molecule has 2 saturated heterocycles. The van der Waals surface area contributed by atoms with Crippen LogP contribution in [0, 0.1) is 17.1 Å². The molecule has 2 aromatic rings. The molecule has 3 atom stereocenters. The molecule has 2 aliphatic heterocycles. The summed E-state index contributed by atoms with van der Waals surface area (Å²) in [5.41, 5.74) is 4.20. The molecule has 0 bridgehead atoms. The number of hydrogen-bond donors (Lipinski definition) is 0. The van der Waals surface area contributed by atoms with Crippen LogP contribution in [0.5, 0.6) is 6.01 Å². The first-order valence-electron chi connectivity index (χ1n) is 14.6. The molecule has 1 aromatic heterocycles. The molecule has 4 aliphatic rings. The number of halogens is 2. The van der Waals surface area contributed by atoms with E-state index >= 15 is 0 Å². The second kappa shape index (κ2) is 11.0. The largest absolute Gasteiger partial charge is 0.462 e. The van der Waals surface area contributed by atoms with Crippen LogP contribution in [-0.4, -0.2) is 77.6 Å². The Hall–Kier alpha value is -3.58. The van der Waals surface area contributed by atoms with Crippen LogP contribution < -0.4 is 9.64 Å². The van der Waals surface area contributed by atoms with Crippen molar-refractivity contribution in [2.24, 2.45) is 0 Å². The third-order valence-electron chi connectivity index (χ3n) is 9.60. The molecule has 1 spiro atoms. The highest BCUT2D eigenvalue weighted by atomic mass is 19.1. The zero-order valence-electron chi connectivity index (χ0n) is 23.5. The third-order valence-corrected chi connectivity index (χ3v) is 9.60. The number of carbonyl (C=O) groups is 1.